The zero-order valence-electron chi connectivity index (χ0n) is 14.0. The summed E-state index contributed by atoms with van der Waals surface area (Å²) in [7, 11) is 0. The number of rotatable bonds is 5. The van der Waals surface area contributed by atoms with Crippen molar-refractivity contribution in [1.82, 2.24) is 15.0 Å². The highest BCUT2D eigenvalue weighted by Crippen LogP contribution is 2.30. The smallest absolute Gasteiger partial charge is 0.335 e. The first-order chi connectivity index (χ1) is 12.0. The Labute approximate surface area is 144 Å². The molecule has 3 aromatic rings. The second-order valence-corrected chi connectivity index (χ2v) is 6.12. The third kappa shape index (κ3) is 3.50. The van der Waals surface area contributed by atoms with E-state index in [0.29, 0.717) is 16.7 Å². The number of hydrogen-bond acceptors (Lipinski definition) is 6. The molecule has 3 rings (SSSR count). The summed E-state index contributed by atoms with van der Waals surface area (Å²) in [5, 5.41) is 13.2. The summed E-state index contributed by atoms with van der Waals surface area (Å²) in [6, 6.07) is 8.50. The molecule has 7 heteroatoms. The van der Waals surface area contributed by atoms with Gasteiger partial charge in [0.25, 0.3) is 0 Å². The number of carboxylic acids is 1. The van der Waals surface area contributed by atoms with Crippen LogP contribution in [0.1, 0.15) is 35.8 Å². The molecule has 1 atom stereocenters. The molecule has 0 aliphatic heterocycles. The van der Waals surface area contributed by atoms with Gasteiger partial charge in [0.1, 0.15) is 5.82 Å². The van der Waals surface area contributed by atoms with Crippen LogP contribution in [0.4, 0.5) is 11.8 Å². The fourth-order valence-electron chi connectivity index (χ4n) is 2.73. The van der Waals surface area contributed by atoms with Crippen molar-refractivity contribution >= 4 is 28.6 Å². The molecule has 0 saturated carbocycles. The van der Waals surface area contributed by atoms with Gasteiger partial charge in [0.05, 0.1) is 17.1 Å². The summed E-state index contributed by atoms with van der Waals surface area (Å²) in [5.41, 5.74) is 7.60. The first-order valence-corrected chi connectivity index (χ1v) is 7.92. The van der Waals surface area contributed by atoms with Gasteiger partial charge in [-0.15, -0.1) is 0 Å². The highest BCUT2D eigenvalue weighted by Gasteiger charge is 2.19. The Morgan fingerprint density at radius 3 is 2.68 bits per heavy atom. The molecule has 0 aliphatic rings. The number of nitrogens with two attached hydrogens (primary N) is 1. The Morgan fingerprint density at radius 1 is 1.24 bits per heavy atom. The molecule has 25 heavy (non-hydrogen) atoms. The van der Waals surface area contributed by atoms with Gasteiger partial charge in [0.15, 0.2) is 0 Å². The number of aromatic carboxylic acids is 1. The number of pyridine rings is 1. The maximum absolute atomic E-state index is 11.3. The third-order valence-corrected chi connectivity index (χ3v) is 3.96. The average molecular weight is 337 g/mol. The number of benzene rings is 1. The van der Waals surface area contributed by atoms with Crippen LogP contribution in [0, 0.1) is 5.92 Å². The minimum absolute atomic E-state index is 0.0558. The topological polar surface area (TPSA) is 114 Å². The van der Waals surface area contributed by atoms with Crippen molar-refractivity contribution in [1.29, 1.82) is 0 Å². The maximum atomic E-state index is 11.3. The molecule has 7 nitrogen and oxygen atoms in total. The molecular formula is C18H19N5O2. The molecule has 128 valence electrons. The van der Waals surface area contributed by atoms with E-state index in [2.05, 4.69) is 34.1 Å². The first-order valence-electron chi connectivity index (χ1n) is 7.92. The lowest BCUT2D eigenvalue weighted by Crippen LogP contribution is -2.18. The van der Waals surface area contributed by atoms with Crippen molar-refractivity contribution in [3.63, 3.8) is 0 Å². The van der Waals surface area contributed by atoms with Crippen LogP contribution in [0.25, 0.3) is 10.9 Å². The standard InChI is InChI=1S/C18H19N5O2/c1-10(2)15(12-4-3-7-20-9-12)22-16-13-8-11(17(24)25)5-6-14(13)21-18(19)23-16/h3-10,15H,1-2H3,(H,24,25)(H3,19,21,22,23). The minimum Gasteiger partial charge on any atom is -0.478 e. The Hall–Kier alpha value is -3.22. The number of nitrogens with one attached hydrogen (secondary N) is 1. The predicted molar refractivity (Wildman–Crippen MR) is 96.3 cm³/mol. The van der Waals surface area contributed by atoms with Crippen molar-refractivity contribution in [3.05, 3.63) is 53.9 Å². The number of nitrogen functional groups attached to an aromatic ring is 1. The van der Waals surface area contributed by atoms with Crippen molar-refractivity contribution < 1.29 is 9.90 Å². The molecule has 1 aromatic carbocycles. The van der Waals surface area contributed by atoms with E-state index >= 15 is 0 Å². The molecule has 2 aromatic heterocycles. The Bertz CT molecular complexity index is 912. The fraction of sp³-hybridized carbons (Fsp3) is 0.222. The number of fused-ring (bicyclic) bond motifs is 1. The van der Waals surface area contributed by atoms with Crippen LogP contribution in [0.5, 0.6) is 0 Å². The van der Waals surface area contributed by atoms with Crippen LogP contribution in [-0.4, -0.2) is 26.0 Å². The van der Waals surface area contributed by atoms with Crippen molar-refractivity contribution in [3.8, 4) is 0 Å². The molecule has 2 heterocycles. The predicted octanol–water partition coefficient (Wildman–Crippen LogP) is 3.11. The molecule has 0 aliphatic carbocycles. The van der Waals surface area contributed by atoms with Gasteiger partial charge in [-0.1, -0.05) is 19.9 Å². The minimum atomic E-state index is -1.00. The quantitative estimate of drug-likeness (QED) is 0.655. The van der Waals surface area contributed by atoms with Gasteiger partial charge < -0.3 is 16.2 Å². The third-order valence-electron chi connectivity index (χ3n) is 3.96. The van der Waals surface area contributed by atoms with E-state index in [0.717, 1.165) is 5.56 Å². The summed E-state index contributed by atoms with van der Waals surface area (Å²) in [6.07, 6.45) is 3.52. The summed E-state index contributed by atoms with van der Waals surface area (Å²) in [4.78, 5) is 23.9. The van der Waals surface area contributed by atoms with E-state index in [1.165, 1.54) is 6.07 Å². The van der Waals surface area contributed by atoms with Gasteiger partial charge in [-0.3, -0.25) is 4.98 Å². The summed E-state index contributed by atoms with van der Waals surface area (Å²) >= 11 is 0. The largest absolute Gasteiger partial charge is 0.478 e. The molecule has 0 saturated heterocycles. The van der Waals surface area contributed by atoms with E-state index in [1.807, 2.05) is 12.1 Å². The first kappa shape index (κ1) is 16.6. The number of hydrogen-bond donors (Lipinski definition) is 3. The van der Waals surface area contributed by atoms with Gasteiger partial charge in [-0.05, 0) is 35.7 Å². The van der Waals surface area contributed by atoms with Gasteiger partial charge in [-0.2, -0.15) is 4.98 Å². The molecule has 4 N–H and O–H groups in total. The van der Waals surface area contributed by atoms with Crippen LogP contribution >= 0.6 is 0 Å². The van der Waals surface area contributed by atoms with Gasteiger partial charge in [-0.25, -0.2) is 9.78 Å². The number of nitrogens with zero attached hydrogens (tertiary/aromatic N) is 3. The molecule has 0 fully saturated rings. The molecular weight excluding hydrogens is 318 g/mol. The normalized spacial score (nSPS) is 12.3. The lowest BCUT2D eigenvalue weighted by molar-refractivity contribution is 0.0697. The fourth-order valence-corrected chi connectivity index (χ4v) is 2.73. The van der Waals surface area contributed by atoms with E-state index in [-0.39, 0.29) is 23.5 Å². The Balaban J connectivity index is 2.10. The van der Waals surface area contributed by atoms with Crippen LogP contribution in [0.2, 0.25) is 0 Å². The lowest BCUT2D eigenvalue weighted by Gasteiger charge is -2.24. The highest BCUT2D eigenvalue weighted by molar-refractivity contribution is 5.97. The summed E-state index contributed by atoms with van der Waals surface area (Å²) in [5.74, 6) is -0.115. The van der Waals surface area contributed by atoms with Gasteiger partial charge in [0.2, 0.25) is 5.95 Å². The highest BCUT2D eigenvalue weighted by atomic mass is 16.4. The van der Waals surface area contributed by atoms with E-state index in [9.17, 15) is 9.90 Å². The summed E-state index contributed by atoms with van der Waals surface area (Å²) in [6.45, 7) is 4.17. The Kier molecular flexibility index (Phi) is 4.47. The summed E-state index contributed by atoms with van der Waals surface area (Å²) < 4.78 is 0. The van der Waals surface area contributed by atoms with Crippen LogP contribution in [0.3, 0.4) is 0 Å². The second kappa shape index (κ2) is 6.72. The molecule has 1 unspecified atom stereocenters. The van der Waals surface area contributed by atoms with E-state index in [1.54, 1.807) is 24.5 Å². The van der Waals surface area contributed by atoms with Crippen molar-refractivity contribution in [2.24, 2.45) is 5.92 Å². The molecule has 0 bridgehead atoms. The average Bonchev–Trinajstić information content (AvgIpc) is 2.59. The van der Waals surface area contributed by atoms with Crippen LogP contribution in [0.15, 0.2) is 42.7 Å². The number of carbonyl (C=O) groups is 1. The maximum Gasteiger partial charge on any atom is 0.335 e. The Morgan fingerprint density at radius 2 is 2.04 bits per heavy atom. The van der Waals surface area contributed by atoms with Crippen molar-refractivity contribution in [2.75, 3.05) is 11.1 Å². The van der Waals surface area contributed by atoms with Crippen LogP contribution < -0.4 is 11.1 Å². The second-order valence-electron chi connectivity index (χ2n) is 6.12. The SMILES string of the molecule is CC(C)C(Nc1nc(N)nc2ccc(C(=O)O)cc12)c1cccnc1. The van der Waals surface area contributed by atoms with Gasteiger partial charge >= 0.3 is 5.97 Å². The van der Waals surface area contributed by atoms with Crippen molar-refractivity contribution in [2.45, 2.75) is 19.9 Å². The zero-order valence-corrected chi connectivity index (χ0v) is 14.0. The molecule has 0 spiro atoms. The monoisotopic (exact) mass is 337 g/mol. The van der Waals surface area contributed by atoms with E-state index < -0.39 is 5.97 Å². The van der Waals surface area contributed by atoms with E-state index in [4.69, 9.17) is 5.73 Å². The number of aromatic nitrogens is 3. The zero-order chi connectivity index (χ0) is 18.0. The molecule has 0 radical (unpaired) electrons. The molecule has 0 amide bonds. The lowest BCUT2D eigenvalue weighted by atomic mass is 9.97. The number of anilines is 2. The van der Waals surface area contributed by atoms with Gasteiger partial charge in [0, 0.05) is 17.8 Å². The van der Waals surface area contributed by atoms with Crippen LogP contribution in [-0.2, 0) is 0 Å². The number of carboxylic acid groups (broad SMARTS) is 1.